The van der Waals surface area contributed by atoms with E-state index < -0.39 is 0 Å². The van der Waals surface area contributed by atoms with Crippen LogP contribution in [-0.4, -0.2) is 55.2 Å². The number of halogens is 1. The lowest BCUT2D eigenvalue weighted by Crippen LogP contribution is -2.41. The first-order chi connectivity index (χ1) is 16.2. The maximum atomic E-state index is 12.6. The fourth-order valence-corrected chi connectivity index (χ4v) is 4.29. The van der Waals surface area contributed by atoms with Crippen molar-refractivity contribution in [3.05, 3.63) is 90.5 Å². The van der Waals surface area contributed by atoms with Crippen LogP contribution >= 0.6 is 12.4 Å². The van der Waals surface area contributed by atoms with Crippen molar-refractivity contribution >= 4 is 24.2 Å². The number of ether oxygens (including phenoxy) is 1. The van der Waals surface area contributed by atoms with Crippen molar-refractivity contribution in [1.29, 1.82) is 0 Å². The summed E-state index contributed by atoms with van der Waals surface area (Å²) in [7, 11) is 2.17. The average molecular weight is 480 g/mol. The smallest absolute Gasteiger partial charge is 0.411 e. The molecule has 0 atom stereocenters. The van der Waals surface area contributed by atoms with Crippen molar-refractivity contribution in [3.8, 4) is 11.1 Å². The van der Waals surface area contributed by atoms with Crippen LogP contribution in [0.25, 0.3) is 11.1 Å². The van der Waals surface area contributed by atoms with Gasteiger partial charge < -0.3 is 14.5 Å². The van der Waals surface area contributed by atoms with Gasteiger partial charge in [0.15, 0.2) is 0 Å². The Morgan fingerprint density at radius 1 is 0.941 bits per heavy atom. The third kappa shape index (κ3) is 7.59. The molecule has 5 nitrogen and oxygen atoms in total. The van der Waals surface area contributed by atoms with Gasteiger partial charge in [0.05, 0.1) is 5.69 Å². The molecule has 0 radical (unpaired) electrons. The third-order valence-corrected chi connectivity index (χ3v) is 6.15. The van der Waals surface area contributed by atoms with Crippen molar-refractivity contribution in [2.45, 2.75) is 25.5 Å². The van der Waals surface area contributed by atoms with Gasteiger partial charge in [-0.3, -0.25) is 5.32 Å². The summed E-state index contributed by atoms with van der Waals surface area (Å²) in [5.74, 6) is 0. The summed E-state index contributed by atoms with van der Waals surface area (Å²) >= 11 is 0. The Bertz CT molecular complexity index is 1010. The van der Waals surface area contributed by atoms with Gasteiger partial charge in [-0.05, 0) is 37.1 Å². The number of piperidine rings is 1. The van der Waals surface area contributed by atoms with Crippen LogP contribution < -0.4 is 5.32 Å². The minimum atomic E-state index is -0.376. The molecule has 0 aliphatic carbocycles. The summed E-state index contributed by atoms with van der Waals surface area (Å²) < 4.78 is 5.75. The molecule has 1 heterocycles. The third-order valence-electron chi connectivity index (χ3n) is 6.15. The molecule has 1 amide bonds. The van der Waals surface area contributed by atoms with Gasteiger partial charge >= 0.3 is 6.09 Å². The molecule has 0 bridgehead atoms. The van der Waals surface area contributed by atoms with Crippen molar-refractivity contribution < 1.29 is 9.53 Å². The lowest BCUT2D eigenvalue weighted by atomic mass is 10.0. The minimum absolute atomic E-state index is 0. The Balaban J connectivity index is 0.00000324. The average Bonchev–Trinajstić information content (AvgIpc) is 2.85. The highest BCUT2D eigenvalue weighted by atomic mass is 35.5. The van der Waals surface area contributed by atoms with Crippen LogP contribution in [0.5, 0.6) is 0 Å². The summed E-state index contributed by atoms with van der Waals surface area (Å²) in [6.45, 7) is 4.93. The number of benzene rings is 3. The molecule has 0 unspecified atom stereocenters. The van der Waals surface area contributed by atoms with Gasteiger partial charge in [-0.25, -0.2) is 4.79 Å². The summed E-state index contributed by atoms with van der Waals surface area (Å²) in [5, 5.41) is 2.95. The molecule has 1 aliphatic heterocycles. The van der Waals surface area contributed by atoms with Crippen LogP contribution in [0.1, 0.15) is 18.4 Å². The Kier molecular flexibility index (Phi) is 9.95. The van der Waals surface area contributed by atoms with Crippen molar-refractivity contribution in [2.75, 3.05) is 38.5 Å². The van der Waals surface area contributed by atoms with E-state index in [1.54, 1.807) is 0 Å². The van der Waals surface area contributed by atoms with Crippen LogP contribution in [0.15, 0.2) is 84.9 Å². The second-order valence-corrected chi connectivity index (χ2v) is 8.71. The Hall–Kier alpha value is -2.86. The molecule has 3 aromatic carbocycles. The van der Waals surface area contributed by atoms with E-state index in [2.05, 4.69) is 52.5 Å². The van der Waals surface area contributed by atoms with E-state index in [1.165, 1.54) is 5.56 Å². The molecule has 1 fully saturated rings. The number of hydrogen-bond acceptors (Lipinski definition) is 4. The molecular formula is C28H34ClN3O2. The summed E-state index contributed by atoms with van der Waals surface area (Å²) in [6, 6.07) is 28.5. The van der Waals surface area contributed by atoms with E-state index in [4.69, 9.17) is 4.74 Å². The second-order valence-electron chi connectivity index (χ2n) is 8.71. The van der Waals surface area contributed by atoms with Crippen molar-refractivity contribution in [3.63, 3.8) is 0 Å². The number of carbonyl (C=O) groups excluding carboxylic acids is 1. The fraction of sp³-hybridized carbons (Fsp3) is 0.321. The normalized spacial score (nSPS) is 14.4. The quantitative estimate of drug-likeness (QED) is 0.435. The van der Waals surface area contributed by atoms with E-state index in [9.17, 15) is 4.79 Å². The SMILES string of the molecule is CN(CCN1CCC(OC(=O)Nc2ccccc2-c2ccccc2)CC1)Cc1ccccc1.Cl. The molecular weight excluding hydrogens is 446 g/mol. The molecule has 1 saturated heterocycles. The molecule has 34 heavy (non-hydrogen) atoms. The van der Waals surface area contributed by atoms with Gasteiger partial charge in [-0.15, -0.1) is 12.4 Å². The number of likely N-dealkylation sites (N-methyl/N-ethyl adjacent to an activating group) is 1. The predicted molar refractivity (Wildman–Crippen MR) is 141 cm³/mol. The number of carbonyl (C=O) groups is 1. The van der Waals surface area contributed by atoms with Gasteiger partial charge in [0.1, 0.15) is 6.10 Å². The predicted octanol–water partition coefficient (Wildman–Crippen LogP) is 5.92. The summed E-state index contributed by atoms with van der Waals surface area (Å²) in [4.78, 5) is 17.4. The van der Waals surface area contributed by atoms with Gasteiger partial charge in [0.2, 0.25) is 0 Å². The van der Waals surface area contributed by atoms with Crippen molar-refractivity contribution in [2.24, 2.45) is 0 Å². The van der Waals surface area contributed by atoms with Gasteiger partial charge in [-0.1, -0.05) is 78.9 Å². The van der Waals surface area contributed by atoms with Gasteiger partial charge in [-0.2, -0.15) is 0 Å². The van der Waals surface area contributed by atoms with Gasteiger partial charge in [0.25, 0.3) is 0 Å². The highest BCUT2D eigenvalue weighted by molar-refractivity contribution is 5.91. The van der Waals surface area contributed by atoms with E-state index in [1.807, 2.05) is 54.6 Å². The lowest BCUT2D eigenvalue weighted by Gasteiger charge is -2.32. The maximum absolute atomic E-state index is 12.6. The van der Waals surface area contributed by atoms with E-state index in [0.717, 1.165) is 62.4 Å². The molecule has 0 aromatic heterocycles. The van der Waals surface area contributed by atoms with E-state index >= 15 is 0 Å². The second kappa shape index (κ2) is 13.1. The largest absolute Gasteiger partial charge is 0.446 e. The Morgan fingerprint density at radius 2 is 1.56 bits per heavy atom. The Labute approximate surface area is 209 Å². The topological polar surface area (TPSA) is 44.8 Å². The molecule has 0 saturated carbocycles. The number of hydrogen-bond donors (Lipinski definition) is 1. The zero-order chi connectivity index (χ0) is 22.9. The maximum Gasteiger partial charge on any atom is 0.411 e. The van der Waals surface area contributed by atoms with Gasteiger partial charge in [0, 0.05) is 38.3 Å². The molecule has 180 valence electrons. The van der Waals surface area contributed by atoms with Crippen LogP contribution in [-0.2, 0) is 11.3 Å². The summed E-state index contributed by atoms with van der Waals surface area (Å²) in [5.41, 5.74) is 4.17. The first kappa shape index (κ1) is 25.8. The Morgan fingerprint density at radius 3 is 2.26 bits per heavy atom. The first-order valence-corrected chi connectivity index (χ1v) is 11.7. The minimum Gasteiger partial charge on any atom is -0.446 e. The molecule has 3 aromatic rings. The number of likely N-dealkylation sites (tertiary alicyclic amines) is 1. The summed E-state index contributed by atoms with van der Waals surface area (Å²) in [6.07, 6.45) is 1.33. The highest BCUT2D eigenvalue weighted by Gasteiger charge is 2.22. The molecule has 1 N–H and O–H groups in total. The molecule has 6 heteroatoms. The number of para-hydroxylation sites is 1. The van der Waals surface area contributed by atoms with E-state index in [-0.39, 0.29) is 24.6 Å². The van der Waals surface area contributed by atoms with Crippen LogP contribution in [0, 0.1) is 0 Å². The molecule has 4 rings (SSSR count). The zero-order valence-electron chi connectivity index (χ0n) is 19.7. The molecule has 1 aliphatic rings. The first-order valence-electron chi connectivity index (χ1n) is 11.7. The fourth-order valence-electron chi connectivity index (χ4n) is 4.29. The standard InChI is InChI=1S/C28H33N3O2.ClH/c1-30(22-23-10-4-2-5-11-23)20-21-31-18-16-25(17-19-31)33-28(32)29-27-15-9-8-14-26(27)24-12-6-3-7-13-24;/h2-15,25H,16-22H2,1H3,(H,29,32);1H. The number of amides is 1. The van der Waals surface area contributed by atoms with E-state index in [0.29, 0.717) is 0 Å². The number of nitrogens with one attached hydrogen (secondary N) is 1. The van der Waals surface area contributed by atoms with Crippen molar-refractivity contribution in [1.82, 2.24) is 9.80 Å². The van der Waals surface area contributed by atoms with Crippen LogP contribution in [0.3, 0.4) is 0 Å². The number of rotatable bonds is 8. The molecule has 0 spiro atoms. The van der Waals surface area contributed by atoms with Crippen LogP contribution in [0.2, 0.25) is 0 Å². The van der Waals surface area contributed by atoms with Crippen LogP contribution in [0.4, 0.5) is 10.5 Å². The zero-order valence-corrected chi connectivity index (χ0v) is 20.5. The number of anilines is 1. The number of nitrogens with zero attached hydrogens (tertiary/aromatic N) is 2. The highest BCUT2D eigenvalue weighted by Crippen LogP contribution is 2.28. The lowest BCUT2D eigenvalue weighted by molar-refractivity contribution is 0.0563. The monoisotopic (exact) mass is 479 g/mol.